The highest BCUT2D eigenvalue weighted by molar-refractivity contribution is 9.10. The van der Waals surface area contributed by atoms with Crippen molar-refractivity contribution in [3.63, 3.8) is 0 Å². The molecule has 1 amide bonds. The molecule has 0 atom stereocenters. The molecule has 2 N–H and O–H groups in total. The molecule has 2 aromatic carbocycles. The van der Waals surface area contributed by atoms with Crippen LogP contribution in [0.15, 0.2) is 61.2 Å². The fraction of sp³-hybridized carbons (Fsp3) is 0.273. The molecule has 9 heteroatoms. The Kier molecular flexibility index (Phi) is 6.15. The average Bonchev–Trinajstić information content (AvgIpc) is 2.89. The van der Waals surface area contributed by atoms with E-state index < -0.39 is 15.9 Å². The first kappa shape index (κ1) is 21.6. The van der Waals surface area contributed by atoms with E-state index in [1.807, 2.05) is 19.1 Å². The number of nitrogens with one attached hydrogen (secondary N) is 2. The molecule has 2 heterocycles. The predicted octanol–water partition coefficient (Wildman–Crippen LogP) is 5.01. The van der Waals surface area contributed by atoms with E-state index in [-0.39, 0.29) is 10.7 Å². The molecule has 0 fully saturated rings. The molecule has 1 aliphatic heterocycles. The number of furan rings is 1. The summed E-state index contributed by atoms with van der Waals surface area (Å²) in [5.74, 6) is 0.325. The number of anilines is 1. The molecule has 0 saturated heterocycles. The lowest BCUT2D eigenvalue weighted by molar-refractivity contribution is 0.0998. The molecule has 0 unspecified atom stereocenters. The van der Waals surface area contributed by atoms with E-state index in [2.05, 4.69) is 31.0 Å². The highest BCUT2D eigenvalue weighted by Gasteiger charge is 2.20. The Bertz CT molecular complexity index is 1260. The van der Waals surface area contributed by atoms with Crippen LogP contribution in [0.2, 0.25) is 0 Å². The summed E-state index contributed by atoms with van der Waals surface area (Å²) in [6.45, 7) is 2.46. The molecule has 0 aliphatic carbocycles. The molecule has 31 heavy (non-hydrogen) atoms. The molecule has 0 spiro atoms. The van der Waals surface area contributed by atoms with Crippen LogP contribution in [-0.2, 0) is 10.0 Å². The van der Waals surface area contributed by atoms with Gasteiger partial charge in [-0.1, -0.05) is 22.4 Å². The first-order valence-electron chi connectivity index (χ1n) is 10.00. The summed E-state index contributed by atoms with van der Waals surface area (Å²) in [6.07, 6.45) is 3.57. The van der Waals surface area contributed by atoms with E-state index in [4.69, 9.17) is 4.42 Å². The minimum atomic E-state index is -3.72. The van der Waals surface area contributed by atoms with Gasteiger partial charge in [0.15, 0.2) is 5.76 Å². The summed E-state index contributed by atoms with van der Waals surface area (Å²) in [5.41, 5.74) is 1.83. The highest BCUT2D eigenvalue weighted by atomic mass is 79.9. The number of carbonyl (C=O) groups excluding carboxylic acids is 1. The van der Waals surface area contributed by atoms with Crippen molar-refractivity contribution in [2.75, 3.05) is 11.9 Å². The smallest absolute Gasteiger partial charge is 0.291 e. The SMILES string of the molecule is Cc1c(C(=O)Nc2ccc(S(=O)(=O)NC3=NCCCCC3)cc2)oc2ccc(Br)cc12. The van der Waals surface area contributed by atoms with E-state index in [1.54, 1.807) is 18.2 Å². The molecule has 0 saturated carbocycles. The number of hydrogen-bond donors (Lipinski definition) is 2. The number of halogens is 1. The monoisotopic (exact) mass is 503 g/mol. The first-order chi connectivity index (χ1) is 14.8. The molecular formula is C22H22BrN3O4S. The summed E-state index contributed by atoms with van der Waals surface area (Å²) in [7, 11) is -3.72. The molecule has 1 aromatic heterocycles. The Morgan fingerprint density at radius 1 is 1.10 bits per heavy atom. The van der Waals surface area contributed by atoms with Crippen molar-refractivity contribution in [2.24, 2.45) is 4.99 Å². The van der Waals surface area contributed by atoms with Crippen LogP contribution in [-0.4, -0.2) is 26.7 Å². The molecule has 162 valence electrons. The number of amidine groups is 1. The molecule has 0 radical (unpaired) electrons. The van der Waals surface area contributed by atoms with Gasteiger partial charge in [0.1, 0.15) is 11.4 Å². The summed E-state index contributed by atoms with van der Waals surface area (Å²) in [5, 5.41) is 3.61. The number of benzene rings is 2. The normalized spacial score (nSPS) is 14.7. The van der Waals surface area contributed by atoms with Gasteiger partial charge < -0.3 is 9.73 Å². The second-order valence-electron chi connectivity index (χ2n) is 7.42. The van der Waals surface area contributed by atoms with Crippen molar-refractivity contribution in [2.45, 2.75) is 37.5 Å². The number of fused-ring (bicyclic) bond motifs is 1. The lowest BCUT2D eigenvalue weighted by Crippen LogP contribution is -2.30. The molecule has 1 aliphatic rings. The zero-order valence-corrected chi connectivity index (χ0v) is 19.3. The fourth-order valence-electron chi connectivity index (χ4n) is 3.49. The summed E-state index contributed by atoms with van der Waals surface area (Å²) in [4.78, 5) is 17.1. The molecular weight excluding hydrogens is 482 g/mol. The maximum Gasteiger partial charge on any atom is 0.291 e. The van der Waals surface area contributed by atoms with E-state index in [0.717, 1.165) is 34.7 Å². The van der Waals surface area contributed by atoms with Gasteiger partial charge in [-0.2, -0.15) is 0 Å². The van der Waals surface area contributed by atoms with Gasteiger partial charge >= 0.3 is 0 Å². The Morgan fingerprint density at radius 2 is 1.87 bits per heavy atom. The summed E-state index contributed by atoms with van der Waals surface area (Å²) < 4.78 is 34.5. The first-order valence-corrected chi connectivity index (χ1v) is 12.3. The number of carbonyl (C=O) groups is 1. The lowest BCUT2D eigenvalue weighted by Gasteiger charge is -2.10. The van der Waals surface area contributed by atoms with E-state index in [0.29, 0.717) is 30.1 Å². The topological polar surface area (TPSA) is 101 Å². The Morgan fingerprint density at radius 3 is 2.65 bits per heavy atom. The van der Waals surface area contributed by atoms with Crippen LogP contribution in [0, 0.1) is 6.92 Å². The number of amides is 1. The number of nitrogens with zero attached hydrogens (tertiary/aromatic N) is 1. The van der Waals surface area contributed by atoms with Crippen LogP contribution in [0.25, 0.3) is 11.0 Å². The van der Waals surface area contributed by atoms with Crippen LogP contribution in [0.1, 0.15) is 41.8 Å². The summed E-state index contributed by atoms with van der Waals surface area (Å²) in [6, 6.07) is 11.6. The Labute approximate surface area is 189 Å². The second kappa shape index (κ2) is 8.84. The van der Waals surface area contributed by atoms with Crippen LogP contribution >= 0.6 is 15.9 Å². The third kappa shape index (κ3) is 4.83. The Balaban J connectivity index is 1.49. The number of rotatable bonds is 4. The van der Waals surface area contributed by atoms with Gasteiger partial charge in [0.2, 0.25) is 0 Å². The minimum Gasteiger partial charge on any atom is -0.451 e. The molecule has 3 aromatic rings. The van der Waals surface area contributed by atoms with Crippen molar-refractivity contribution in [1.82, 2.24) is 4.72 Å². The Hall–Kier alpha value is -2.65. The van der Waals surface area contributed by atoms with Gasteiger partial charge in [-0.05, 0) is 62.2 Å². The largest absolute Gasteiger partial charge is 0.451 e. The van der Waals surface area contributed by atoms with Crippen molar-refractivity contribution in [3.8, 4) is 0 Å². The van der Waals surface area contributed by atoms with Gasteiger partial charge in [-0.3, -0.25) is 14.5 Å². The predicted molar refractivity (Wildman–Crippen MR) is 124 cm³/mol. The fourth-order valence-corrected chi connectivity index (χ4v) is 4.94. The van der Waals surface area contributed by atoms with Crippen molar-refractivity contribution >= 4 is 54.4 Å². The standard InChI is InChI=1S/C22H22BrN3O4S/c1-14-18-13-15(23)6-11-19(18)30-21(14)22(27)25-16-7-9-17(10-8-16)31(28,29)26-20-5-3-2-4-12-24-20/h6-11,13H,2-5,12H2,1H3,(H,24,26)(H,25,27). The van der Waals surface area contributed by atoms with Crippen molar-refractivity contribution in [3.05, 3.63) is 58.3 Å². The lowest BCUT2D eigenvalue weighted by atomic mass is 10.1. The van der Waals surface area contributed by atoms with Crippen molar-refractivity contribution in [1.29, 1.82) is 0 Å². The van der Waals surface area contributed by atoms with Gasteiger partial charge in [0.25, 0.3) is 15.9 Å². The third-order valence-corrected chi connectivity index (χ3v) is 7.04. The molecule has 7 nitrogen and oxygen atoms in total. The van der Waals surface area contributed by atoms with Gasteiger partial charge in [0, 0.05) is 34.1 Å². The van der Waals surface area contributed by atoms with Crippen LogP contribution < -0.4 is 10.0 Å². The van der Waals surface area contributed by atoms with E-state index in [9.17, 15) is 13.2 Å². The van der Waals surface area contributed by atoms with Crippen LogP contribution in [0.4, 0.5) is 5.69 Å². The zero-order valence-electron chi connectivity index (χ0n) is 16.9. The zero-order chi connectivity index (χ0) is 22.0. The van der Waals surface area contributed by atoms with Crippen LogP contribution in [0.3, 0.4) is 0 Å². The van der Waals surface area contributed by atoms with E-state index >= 15 is 0 Å². The summed E-state index contributed by atoms with van der Waals surface area (Å²) >= 11 is 3.42. The number of aryl methyl sites for hydroxylation is 1. The van der Waals surface area contributed by atoms with E-state index in [1.165, 1.54) is 12.1 Å². The van der Waals surface area contributed by atoms with Gasteiger partial charge in [-0.15, -0.1) is 0 Å². The average molecular weight is 504 g/mol. The maximum atomic E-state index is 12.7. The molecule has 4 rings (SSSR count). The second-order valence-corrected chi connectivity index (χ2v) is 10.0. The van der Waals surface area contributed by atoms with Gasteiger partial charge in [-0.25, -0.2) is 8.42 Å². The number of hydrogen-bond acceptors (Lipinski definition) is 5. The molecule has 0 bridgehead atoms. The number of sulfonamides is 1. The maximum absolute atomic E-state index is 12.7. The van der Waals surface area contributed by atoms with Crippen molar-refractivity contribution < 1.29 is 17.6 Å². The quantitative estimate of drug-likeness (QED) is 0.522. The van der Waals surface area contributed by atoms with Gasteiger partial charge in [0.05, 0.1) is 4.90 Å². The minimum absolute atomic E-state index is 0.113. The number of aliphatic imine (C=N–C) groups is 1. The highest BCUT2D eigenvalue weighted by Crippen LogP contribution is 2.28. The van der Waals surface area contributed by atoms with Crippen LogP contribution in [0.5, 0.6) is 0 Å². The third-order valence-electron chi connectivity index (χ3n) is 5.15.